The van der Waals surface area contributed by atoms with Gasteiger partial charge in [0.05, 0.1) is 0 Å². The standard InChI is InChI=1S/C14H22BrN3/c1-11-8-12(15)2-3-13(11)18-6-4-14(9-16,10-17)5-7-18/h2-3,8H,4-7,9-10,16-17H2,1H3. The maximum atomic E-state index is 5.88. The molecule has 0 saturated carbocycles. The normalized spacial score (nSPS) is 19.0. The van der Waals surface area contributed by atoms with E-state index in [4.69, 9.17) is 11.5 Å². The third kappa shape index (κ3) is 2.71. The number of hydrogen-bond donors (Lipinski definition) is 2. The average Bonchev–Trinajstić information content (AvgIpc) is 2.39. The molecule has 1 saturated heterocycles. The summed E-state index contributed by atoms with van der Waals surface area (Å²) >= 11 is 3.51. The van der Waals surface area contributed by atoms with Crippen LogP contribution in [0.5, 0.6) is 0 Å². The zero-order chi connectivity index (χ0) is 13.2. The highest BCUT2D eigenvalue weighted by Gasteiger charge is 2.32. The molecule has 1 fully saturated rings. The molecule has 1 aliphatic heterocycles. The maximum absolute atomic E-state index is 5.88. The summed E-state index contributed by atoms with van der Waals surface area (Å²) < 4.78 is 1.14. The van der Waals surface area contributed by atoms with Crippen LogP contribution in [-0.4, -0.2) is 26.2 Å². The van der Waals surface area contributed by atoms with Gasteiger partial charge in [-0.05, 0) is 62.0 Å². The van der Waals surface area contributed by atoms with E-state index in [0.717, 1.165) is 30.4 Å². The van der Waals surface area contributed by atoms with E-state index in [-0.39, 0.29) is 5.41 Å². The number of nitrogens with two attached hydrogens (primary N) is 2. The highest BCUT2D eigenvalue weighted by molar-refractivity contribution is 9.10. The van der Waals surface area contributed by atoms with Gasteiger partial charge in [-0.1, -0.05) is 15.9 Å². The first-order valence-corrected chi connectivity index (χ1v) is 7.31. The lowest BCUT2D eigenvalue weighted by atomic mass is 9.78. The minimum atomic E-state index is 0.166. The van der Waals surface area contributed by atoms with Gasteiger partial charge in [0.25, 0.3) is 0 Å². The van der Waals surface area contributed by atoms with Crippen molar-refractivity contribution in [3.63, 3.8) is 0 Å². The third-order valence-corrected chi connectivity index (χ3v) is 4.68. The van der Waals surface area contributed by atoms with Gasteiger partial charge < -0.3 is 16.4 Å². The van der Waals surface area contributed by atoms with Gasteiger partial charge in [-0.3, -0.25) is 0 Å². The molecule has 0 radical (unpaired) electrons. The zero-order valence-electron chi connectivity index (χ0n) is 11.0. The van der Waals surface area contributed by atoms with Gasteiger partial charge >= 0.3 is 0 Å². The molecule has 0 amide bonds. The van der Waals surface area contributed by atoms with E-state index < -0.39 is 0 Å². The van der Waals surface area contributed by atoms with Crippen molar-refractivity contribution in [2.24, 2.45) is 16.9 Å². The molecule has 0 unspecified atom stereocenters. The van der Waals surface area contributed by atoms with Crippen molar-refractivity contribution in [1.29, 1.82) is 0 Å². The van der Waals surface area contributed by atoms with Crippen molar-refractivity contribution in [1.82, 2.24) is 0 Å². The van der Waals surface area contributed by atoms with Gasteiger partial charge in [0.2, 0.25) is 0 Å². The summed E-state index contributed by atoms with van der Waals surface area (Å²) in [7, 11) is 0. The third-order valence-electron chi connectivity index (χ3n) is 4.19. The predicted molar refractivity (Wildman–Crippen MR) is 80.9 cm³/mol. The van der Waals surface area contributed by atoms with E-state index >= 15 is 0 Å². The second kappa shape index (κ2) is 5.59. The monoisotopic (exact) mass is 311 g/mol. The molecule has 0 atom stereocenters. The molecule has 18 heavy (non-hydrogen) atoms. The van der Waals surface area contributed by atoms with Crippen LogP contribution in [0.25, 0.3) is 0 Å². The van der Waals surface area contributed by atoms with Gasteiger partial charge in [-0.15, -0.1) is 0 Å². The molecule has 1 aromatic carbocycles. The second-order valence-electron chi connectivity index (χ2n) is 5.33. The van der Waals surface area contributed by atoms with Crippen LogP contribution in [0, 0.1) is 12.3 Å². The summed E-state index contributed by atoms with van der Waals surface area (Å²) in [6.07, 6.45) is 2.19. The lowest BCUT2D eigenvalue weighted by Gasteiger charge is -2.42. The number of hydrogen-bond acceptors (Lipinski definition) is 3. The summed E-state index contributed by atoms with van der Waals surface area (Å²) in [6.45, 7) is 5.68. The number of anilines is 1. The van der Waals surface area contributed by atoms with Gasteiger partial charge in [-0.25, -0.2) is 0 Å². The van der Waals surface area contributed by atoms with Crippen molar-refractivity contribution < 1.29 is 0 Å². The SMILES string of the molecule is Cc1cc(Br)ccc1N1CCC(CN)(CN)CC1. The van der Waals surface area contributed by atoms with Crippen molar-refractivity contribution in [3.8, 4) is 0 Å². The Morgan fingerprint density at radius 1 is 1.22 bits per heavy atom. The Hall–Kier alpha value is -0.580. The van der Waals surface area contributed by atoms with Crippen LogP contribution in [0.4, 0.5) is 5.69 Å². The molecular weight excluding hydrogens is 290 g/mol. The van der Waals surface area contributed by atoms with Crippen LogP contribution in [0.1, 0.15) is 18.4 Å². The van der Waals surface area contributed by atoms with Gasteiger partial charge in [0.1, 0.15) is 0 Å². The lowest BCUT2D eigenvalue weighted by Crippen LogP contribution is -2.48. The van der Waals surface area contributed by atoms with Crippen molar-refractivity contribution in [3.05, 3.63) is 28.2 Å². The van der Waals surface area contributed by atoms with Crippen LogP contribution < -0.4 is 16.4 Å². The Kier molecular flexibility index (Phi) is 4.30. The minimum Gasteiger partial charge on any atom is -0.371 e. The number of halogens is 1. The fourth-order valence-corrected chi connectivity index (χ4v) is 3.16. The van der Waals surface area contributed by atoms with E-state index in [2.05, 4.69) is 46.0 Å². The van der Waals surface area contributed by atoms with Crippen LogP contribution in [0.2, 0.25) is 0 Å². The molecule has 0 aliphatic carbocycles. The molecule has 1 aliphatic rings. The second-order valence-corrected chi connectivity index (χ2v) is 6.24. The number of aryl methyl sites for hydroxylation is 1. The van der Waals surface area contributed by atoms with Gasteiger partial charge in [0, 0.05) is 23.2 Å². The summed E-state index contributed by atoms with van der Waals surface area (Å²) in [5.41, 5.74) is 14.6. The fourth-order valence-electron chi connectivity index (χ4n) is 2.69. The summed E-state index contributed by atoms with van der Waals surface area (Å²) in [4.78, 5) is 2.45. The lowest BCUT2D eigenvalue weighted by molar-refractivity contribution is 0.238. The molecule has 1 aromatic rings. The Balaban J connectivity index is 2.10. The van der Waals surface area contributed by atoms with Crippen molar-refractivity contribution in [2.45, 2.75) is 19.8 Å². The van der Waals surface area contributed by atoms with Crippen molar-refractivity contribution in [2.75, 3.05) is 31.1 Å². The van der Waals surface area contributed by atoms with E-state index in [1.807, 2.05) is 0 Å². The molecule has 0 spiro atoms. The van der Waals surface area contributed by atoms with E-state index in [1.165, 1.54) is 11.3 Å². The molecular formula is C14H22BrN3. The van der Waals surface area contributed by atoms with Crippen LogP contribution >= 0.6 is 15.9 Å². The highest BCUT2D eigenvalue weighted by atomic mass is 79.9. The molecule has 0 aromatic heterocycles. The van der Waals surface area contributed by atoms with Crippen LogP contribution in [0.3, 0.4) is 0 Å². The predicted octanol–water partition coefficient (Wildman–Crippen LogP) is 2.26. The number of piperidine rings is 1. The highest BCUT2D eigenvalue weighted by Crippen LogP contribution is 2.33. The quantitative estimate of drug-likeness (QED) is 0.900. The van der Waals surface area contributed by atoms with Crippen molar-refractivity contribution >= 4 is 21.6 Å². The van der Waals surface area contributed by atoms with Gasteiger partial charge in [0.15, 0.2) is 0 Å². The van der Waals surface area contributed by atoms with Crippen LogP contribution in [0.15, 0.2) is 22.7 Å². The van der Waals surface area contributed by atoms with Gasteiger partial charge in [-0.2, -0.15) is 0 Å². The summed E-state index contributed by atoms with van der Waals surface area (Å²) in [6, 6.07) is 6.47. The first-order chi connectivity index (χ1) is 8.60. The average molecular weight is 312 g/mol. The summed E-state index contributed by atoms with van der Waals surface area (Å²) in [5.74, 6) is 0. The minimum absolute atomic E-state index is 0.166. The Morgan fingerprint density at radius 2 is 1.83 bits per heavy atom. The Labute approximate surface area is 118 Å². The molecule has 2 rings (SSSR count). The Bertz CT molecular complexity index is 406. The molecule has 4 heteroatoms. The van der Waals surface area contributed by atoms with E-state index in [1.54, 1.807) is 0 Å². The number of nitrogens with zero attached hydrogens (tertiary/aromatic N) is 1. The number of benzene rings is 1. The molecule has 100 valence electrons. The zero-order valence-corrected chi connectivity index (χ0v) is 12.5. The van der Waals surface area contributed by atoms with E-state index in [9.17, 15) is 0 Å². The first-order valence-electron chi connectivity index (χ1n) is 6.51. The maximum Gasteiger partial charge on any atom is 0.0396 e. The topological polar surface area (TPSA) is 55.3 Å². The molecule has 4 N–H and O–H groups in total. The summed E-state index contributed by atoms with van der Waals surface area (Å²) in [5, 5.41) is 0. The van der Waals surface area contributed by atoms with Crippen LogP contribution in [-0.2, 0) is 0 Å². The first kappa shape index (κ1) is 13.8. The molecule has 3 nitrogen and oxygen atoms in total. The number of rotatable bonds is 3. The molecule has 1 heterocycles. The fraction of sp³-hybridized carbons (Fsp3) is 0.571. The largest absolute Gasteiger partial charge is 0.371 e. The Morgan fingerprint density at radius 3 is 2.33 bits per heavy atom. The molecule has 0 bridgehead atoms. The smallest absolute Gasteiger partial charge is 0.0396 e. The van der Waals surface area contributed by atoms with E-state index in [0.29, 0.717) is 13.1 Å².